The number of pyridine rings is 1. The summed E-state index contributed by atoms with van der Waals surface area (Å²) in [6.07, 6.45) is 13.6. The molecule has 0 N–H and O–H groups in total. The molecule has 0 amide bonds. The van der Waals surface area contributed by atoms with E-state index >= 15 is 0 Å². The maximum absolute atomic E-state index is 11.5. The van der Waals surface area contributed by atoms with E-state index in [2.05, 4.69) is 20.8 Å². The van der Waals surface area contributed by atoms with Crippen molar-refractivity contribution in [2.45, 2.75) is 78.6 Å². The third-order valence-electron chi connectivity index (χ3n) is 4.55. The molecule has 0 saturated heterocycles. The molecule has 1 atom stereocenters. The van der Waals surface area contributed by atoms with Crippen LogP contribution in [0, 0.1) is 5.41 Å². The Balaban J connectivity index is 2.70. The highest BCUT2D eigenvalue weighted by molar-refractivity contribution is 5.12. The average molecular weight is 291 g/mol. The highest BCUT2D eigenvalue weighted by Crippen LogP contribution is 2.34. The maximum Gasteiger partial charge on any atom is 0.250 e. The molecule has 1 heterocycles. The first-order chi connectivity index (χ1) is 10.0. The number of hydrogen-bond acceptors (Lipinski definition) is 1. The molecule has 0 fully saturated rings. The van der Waals surface area contributed by atoms with Crippen LogP contribution < -0.4 is 5.56 Å². The lowest BCUT2D eigenvalue weighted by molar-refractivity contribution is 0.251. The van der Waals surface area contributed by atoms with Crippen LogP contribution in [0.5, 0.6) is 0 Å². The Bertz CT molecular complexity index is 463. The van der Waals surface area contributed by atoms with E-state index in [1.165, 1.54) is 56.9 Å². The predicted molar refractivity (Wildman–Crippen MR) is 91.8 cm³/mol. The number of hydrogen-bond donors (Lipinski definition) is 0. The van der Waals surface area contributed by atoms with Gasteiger partial charge in [0.15, 0.2) is 0 Å². The van der Waals surface area contributed by atoms with Crippen LogP contribution in [0.2, 0.25) is 0 Å². The molecule has 1 aromatic heterocycles. The summed E-state index contributed by atoms with van der Waals surface area (Å²) in [7, 11) is 1.84. The molecule has 2 heteroatoms. The minimum Gasteiger partial charge on any atom is -0.318 e. The summed E-state index contributed by atoms with van der Waals surface area (Å²) >= 11 is 0. The topological polar surface area (TPSA) is 22.0 Å². The van der Waals surface area contributed by atoms with Gasteiger partial charge in [0.2, 0.25) is 5.56 Å². The summed E-state index contributed by atoms with van der Waals surface area (Å²) in [5, 5.41) is 0. The molecule has 0 bridgehead atoms. The largest absolute Gasteiger partial charge is 0.318 e. The minimum absolute atomic E-state index is 0.0805. The van der Waals surface area contributed by atoms with Gasteiger partial charge < -0.3 is 4.57 Å². The molecule has 0 aliphatic heterocycles. The van der Waals surface area contributed by atoms with E-state index < -0.39 is 0 Å². The van der Waals surface area contributed by atoms with Crippen LogP contribution in [-0.2, 0) is 13.5 Å². The van der Waals surface area contributed by atoms with Crippen molar-refractivity contribution >= 4 is 0 Å². The summed E-state index contributed by atoms with van der Waals surface area (Å²) < 4.78 is 1.70. The van der Waals surface area contributed by atoms with Crippen LogP contribution in [0.15, 0.2) is 23.1 Å². The van der Waals surface area contributed by atoms with Gasteiger partial charge in [-0.15, -0.1) is 0 Å². The van der Waals surface area contributed by atoms with Crippen molar-refractivity contribution in [1.82, 2.24) is 4.57 Å². The van der Waals surface area contributed by atoms with Gasteiger partial charge in [0.1, 0.15) is 0 Å². The third kappa shape index (κ3) is 6.50. The second-order valence-corrected chi connectivity index (χ2v) is 6.89. The molecule has 1 aromatic rings. The normalized spacial score (nSPS) is 14.1. The molecule has 0 aliphatic rings. The van der Waals surface area contributed by atoms with Gasteiger partial charge in [-0.3, -0.25) is 4.79 Å². The van der Waals surface area contributed by atoms with E-state index in [0.717, 1.165) is 6.42 Å². The SMILES string of the molecule is CCCCCCC(C)(CCCC)Cc1ccc(=O)n(C)c1. The Morgan fingerprint density at radius 3 is 2.29 bits per heavy atom. The molecule has 0 aromatic carbocycles. The summed E-state index contributed by atoms with van der Waals surface area (Å²) in [5.74, 6) is 0. The number of aromatic nitrogens is 1. The Labute approximate surface area is 130 Å². The lowest BCUT2D eigenvalue weighted by Crippen LogP contribution is -2.22. The number of rotatable bonds is 10. The molecule has 0 spiro atoms. The molecule has 0 saturated carbocycles. The van der Waals surface area contributed by atoms with Crippen LogP contribution >= 0.6 is 0 Å². The molecule has 2 nitrogen and oxygen atoms in total. The Morgan fingerprint density at radius 2 is 1.67 bits per heavy atom. The smallest absolute Gasteiger partial charge is 0.250 e. The molecule has 1 unspecified atom stereocenters. The first-order valence-electron chi connectivity index (χ1n) is 8.66. The van der Waals surface area contributed by atoms with Crippen molar-refractivity contribution in [2.24, 2.45) is 12.5 Å². The van der Waals surface area contributed by atoms with E-state index in [4.69, 9.17) is 0 Å². The zero-order valence-corrected chi connectivity index (χ0v) is 14.5. The fourth-order valence-corrected chi connectivity index (χ4v) is 3.13. The van der Waals surface area contributed by atoms with Gasteiger partial charge in [-0.2, -0.15) is 0 Å². The Kier molecular flexibility index (Phi) is 7.77. The van der Waals surface area contributed by atoms with Gasteiger partial charge in [-0.25, -0.2) is 0 Å². The van der Waals surface area contributed by atoms with Gasteiger partial charge in [0.05, 0.1) is 0 Å². The average Bonchev–Trinajstić information content (AvgIpc) is 2.46. The zero-order valence-electron chi connectivity index (χ0n) is 14.5. The summed E-state index contributed by atoms with van der Waals surface area (Å²) in [5.41, 5.74) is 1.75. The van der Waals surface area contributed by atoms with Gasteiger partial charge in [-0.1, -0.05) is 65.4 Å². The molecule has 0 aliphatic carbocycles. The summed E-state index contributed by atoms with van der Waals surface area (Å²) in [6, 6.07) is 3.71. The van der Waals surface area contributed by atoms with Gasteiger partial charge in [-0.05, 0) is 30.2 Å². The Morgan fingerprint density at radius 1 is 1.00 bits per heavy atom. The number of unbranched alkanes of at least 4 members (excludes halogenated alkanes) is 4. The fraction of sp³-hybridized carbons (Fsp3) is 0.737. The fourth-order valence-electron chi connectivity index (χ4n) is 3.13. The van der Waals surface area contributed by atoms with Crippen molar-refractivity contribution < 1.29 is 0 Å². The second-order valence-electron chi connectivity index (χ2n) is 6.89. The standard InChI is InChI=1S/C19H33NO/c1-5-7-9-10-14-19(3,13-8-6-2)15-17-11-12-18(21)20(4)16-17/h11-12,16H,5-10,13-15H2,1-4H3. The maximum atomic E-state index is 11.5. The molecule has 0 radical (unpaired) electrons. The second kappa shape index (κ2) is 9.07. The van der Waals surface area contributed by atoms with E-state index in [9.17, 15) is 4.79 Å². The lowest BCUT2D eigenvalue weighted by atomic mass is 9.75. The zero-order chi connectivity index (χ0) is 15.7. The predicted octanol–water partition coefficient (Wildman–Crippen LogP) is 5.09. The highest BCUT2D eigenvalue weighted by atomic mass is 16.1. The van der Waals surface area contributed by atoms with Crippen molar-refractivity contribution in [3.8, 4) is 0 Å². The van der Waals surface area contributed by atoms with Crippen molar-refractivity contribution in [3.05, 3.63) is 34.2 Å². The monoisotopic (exact) mass is 291 g/mol. The molecule has 120 valence electrons. The quantitative estimate of drug-likeness (QED) is 0.550. The first kappa shape index (κ1) is 18.0. The van der Waals surface area contributed by atoms with Crippen molar-refractivity contribution in [1.29, 1.82) is 0 Å². The molecular formula is C19H33NO. The summed E-state index contributed by atoms with van der Waals surface area (Å²) in [4.78, 5) is 11.5. The van der Waals surface area contributed by atoms with Gasteiger partial charge >= 0.3 is 0 Å². The number of aryl methyl sites for hydroxylation is 1. The lowest BCUT2D eigenvalue weighted by Gasteiger charge is -2.30. The first-order valence-corrected chi connectivity index (χ1v) is 8.66. The van der Waals surface area contributed by atoms with E-state index in [-0.39, 0.29) is 5.56 Å². The van der Waals surface area contributed by atoms with Gasteiger partial charge in [0.25, 0.3) is 0 Å². The van der Waals surface area contributed by atoms with Crippen molar-refractivity contribution in [2.75, 3.05) is 0 Å². The molecular weight excluding hydrogens is 258 g/mol. The highest BCUT2D eigenvalue weighted by Gasteiger charge is 2.23. The summed E-state index contributed by atoms with van der Waals surface area (Å²) in [6.45, 7) is 6.96. The van der Waals surface area contributed by atoms with Crippen LogP contribution in [0.1, 0.15) is 77.7 Å². The Hall–Kier alpha value is -1.05. The van der Waals surface area contributed by atoms with E-state index in [1.54, 1.807) is 10.6 Å². The van der Waals surface area contributed by atoms with E-state index in [0.29, 0.717) is 5.41 Å². The minimum atomic E-state index is 0.0805. The third-order valence-corrected chi connectivity index (χ3v) is 4.55. The van der Waals surface area contributed by atoms with Crippen LogP contribution in [0.4, 0.5) is 0 Å². The molecule has 1 rings (SSSR count). The van der Waals surface area contributed by atoms with Crippen molar-refractivity contribution in [3.63, 3.8) is 0 Å². The van der Waals surface area contributed by atoms with Gasteiger partial charge in [0, 0.05) is 19.3 Å². The van der Waals surface area contributed by atoms with E-state index in [1.807, 2.05) is 19.3 Å². The molecule has 21 heavy (non-hydrogen) atoms. The van der Waals surface area contributed by atoms with Crippen LogP contribution in [0.3, 0.4) is 0 Å². The number of nitrogens with zero attached hydrogens (tertiary/aromatic N) is 1. The van der Waals surface area contributed by atoms with Crippen LogP contribution in [-0.4, -0.2) is 4.57 Å². The van der Waals surface area contributed by atoms with Crippen LogP contribution in [0.25, 0.3) is 0 Å².